The SMILES string of the molecule is O=C1CCC(N2Cc3cc(O[C@@H]4CCCC[C@H]4N4CC(c5cccc(OC(F)F)c5)C4)ccc3C2=O)C(=O)N1. The van der Waals surface area contributed by atoms with E-state index in [-0.39, 0.29) is 42.0 Å². The molecular weight excluding hydrogens is 508 g/mol. The number of hydrogen-bond donors (Lipinski definition) is 1. The molecule has 2 aromatic carbocycles. The van der Waals surface area contributed by atoms with Crippen LogP contribution >= 0.6 is 0 Å². The fourth-order valence-electron chi connectivity index (χ4n) is 6.37. The van der Waals surface area contributed by atoms with Gasteiger partial charge in [-0.2, -0.15) is 8.78 Å². The van der Waals surface area contributed by atoms with Crippen LogP contribution in [0.5, 0.6) is 11.5 Å². The average molecular weight is 540 g/mol. The van der Waals surface area contributed by atoms with Gasteiger partial charge in [-0.1, -0.05) is 18.6 Å². The van der Waals surface area contributed by atoms with E-state index in [1.165, 1.54) is 0 Å². The molecule has 3 aliphatic heterocycles. The van der Waals surface area contributed by atoms with Crippen molar-refractivity contribution in [2.45, 2.75) is 75.8 Å². The van der Waals surface area contributed by atoms with Crippen LogP contribution < -0.4 is 14.8 Å². The maximum absolute atomic E-state index is 13.0. The minimum absolute atomic E-state index is 0.00888. The van der Waals surface area contributed by atoms with Crippen LogP contribution in [0.4, 0.5) is 8.78 Å². The van der Waals surface area contributed by atoms with Crippen molar-refractivity contribution in [3.63, 3.8) is 0 Å². The minimum Gasteiger partial charge on any atom is -0.489 e. The third-order valence-corrected chi connectivity index (χ3v) is 8.38. The molecule has 206 valence electrons. The first-order valence-corrected chi connectivity index (χ1v) is 13.6. The van der Waals surface area contributed by atoms with E-state index in [0.29, 0.717) is 24.3 Å². The Morgan fingerprint density at radius 3 is 2.56 bits per heavy atom. The predicted molar refractivity (Wildman–Crippen MR) is 137 cm³/mol. The Kier molecular flexibility index (Phi) is 6.97. The van der Waals surface area contributed by atoms with Crippen molar-refractivity contribution in [3.8, 4) is 11.5 Å². The van der Waals surface area contributed by atoms with Crippen molar-refractivity contribution < 1.29 is 32.6 Å². The van der Waals surface area contributed by atoms with Gasteiger partial charge in [0.1, 0.15) is 23.6 Å². The van der Waals surface area contributed by atoms with Gasteiger partial charge >= 0.3 is 6.61 Å². The highest BCUT2D eigenvalue weighted by Crippen LogP contribution is 2.37. The normalized spacial score (nSPS) is 25.9. The molecule has 2 saturated heterocycles. The lowest BCUT2D eigenvalue weighted by molar-refractivity contribution is -0.136. The first kappa shape index (κ1) is 25.7. The van der Waals surface area contributed by atoms with Crippen LogP contribution in [0.25, 0.3) is 0 Å². The lowest BCUT2D eigenvalue weighted by Gasteiger charge is -2.48. The summed E-state index contributed by atoms with van der Waals surface area (Å²) >= 11 is 0. The summed E-state index contributed by atoms with van der Waals surface area (Å²) in [5, 5.41) is 2.33. The summed E-state index contributed by atoms with van der Waals surface area (Å²) in [6.45, 7) is -0.852. The van der Waals surface area contributed by atoms with E-state index in [1.54, 1.807) is 29.2 Å². The maximum atomic E-state index is 13.0. The highest BCUT2D eigenvalue weighted by atomic mass is 19.3. The summed E-state index contributed by atoms with van der Waals surface area (Å²) in [4.78, 5) is 40.8. The number of rotatable bonds is 7. The summed E-state index contributed by atoms with van der Waals surface area (Å²) in [5.41, 5.74) is 2.39. The number of carbonyl (C=O) groups excluding carboxylic acids is 3. The van der Waals surface area contributed by atoms with Crippen LogP contribution in [-0.4, -0.2) is 65.4 Å². The zero-order valence-corrected chi connectivity index (χ0v) is 21.5. The number of nitrogens with zero attached hydrogens (tertiary/aromatic N) is 2. The van der Waals surface area contributed by atoms with Crippen LogP contribution in [0.15, 0.2) is 42.5 Å². The number of benzene rings is 2. The molecule has 1 N–H and O–H groups in total. The molecule has 0 spiro atoms. The molecule has 1 saturated carbocycles. The van der Waals surface area contributed by atoms with Gasteiger partial charge in [0.15, 0.2) is 0 Å². The molecule has 0 bridgehead atoms. The summed E-state index contributed by atoms with van der Waals surface area (Å²) in [7, 11) is 0. The molecule has 4 aliphatic rings. The molecule has 2 aromatic rings. The Hall–Kier alpha value is -3.53. The fourth-order valence-corrected chi connectivity index (χ4v) is 6.37. The van der Waals surface area contributed by atoms with Crippen molar-refractivity contribution >= 4 is 17.7 Å². The molecule has 0 radical (unpaired) electrons. The van der Waals surface area contributed by atoms with Gasteiger partial charge in [0.2, 0.25) is 11.8 Å². The van der Waals surface area contributed by atoms with Crippen LogP contribution in [0.1, 0.15) is 65.9 Å². The number of halogens is 2. The zero-order valence-electron chi connectivity index (χ0n) is 21.5. The molecule has 3 atom stereocenters. The molecule has 39 heavy (non-hydrogen) atoms. The van der Waals surface area contributed by atoms with Gasteiger partial charge in [0.25, 0.3) is 5.91 Å². The number of amides is 3. The van der Waals surface area contributed by atoms with Gasteiger partial charge in [0, 0.05) is 43.6 Å². The Bertz CT molecular complexity index is 1280. The molecule has 1 aliphatic carbocycles. The van der Waals surface area contributed by atoms with Gasteiger partial charge in [-0.05, 0) is 67.1 Å². The Balaban J connectivity index is 1.10. The van der Waals surface area contributed by atoms with E-state index in [1.807, 2.05) is 18.2 Å². The van der Waals surface area contributed by atoms with Gasteiger partial charge in [-0.25, -0.2) is 0 Å². The zero-order chi connectivity index (χ0) is 27.1. The molecule has 3 amide bonds. The number of hydrogen-bond acceptors (Lipinski definition) is 6. The molecule has 8 nitrogen and oxygen atoms in total. The topological polar surface area (TPSA) is 88.2 Å². The number of fused-ring (bicyclic) bond motifs is 1. The molecule has 10 heteroatoms. The van der Waals surface area contributed by atoms with E-state index in [2.05, 4.69) is 15.0 Å². The van der Waals surface area contributed by atoms with Crippen molar-refractivity contribution in [2.24, 2.45) is 0 Å². The van der Waals surface area contributed by atoms with Crippen LogP contribution in [0.3, 0.4) is 0 Å². The highest BCUT2D eigenvalue weighted by Gasteiger charge is 2.41. The number of imide groups is 1. The monoisotopic (exact) mass is 539 g/mol. The maximum Gasteiger partial charge on any atom is 0.387 e. The van der Waals surface area contributed by atoms with Crippen LogP contribution in [0.2, 0.25) is 0 Å². The second-order valence-electron chi connectivity index (χ2n) is 10.8. The number of ether oxygens (including phenoxy) is 2. The van der Waals surface area contributed by atoms with Crippen molar-refractivity contribution in [1.29, 1.82) is 0 Å². The Labute approximate surface area is 225 Å². The molecule has 0 aromatic heterocycles. The van der Waals surface area contributed by atoms with Gasteiger partial charge in [-0.3, -0.25) is 24.6 Å². The highest BCUT2D eigenvalue weighted by molar-refractivity contribution is 6.05. The van der Waals surface area contributed by atoms with Gasteiger partial charge in [0.05, 0.1) is 0 Å². The van der Waals surface area contributed by atoms with Gasteiger partial charge in [-0.15, -0.1) is 0 Å². The second-order valence-corrected chi connectivity index (χ2v) is 10.8. The largest absolute Gasteiger partial charge is 0.489 e. The summed E-state index contributed by atoms with van der Waals surface area (Å²) < 4.78 is 36.3. The summed E-state index contributed by atoms with van der Waals surface area (Å²) in [6.07, 6.45) is 4.73. The first-order chi connectivity index (χ1) is 18.9. The lowest BCUT2D eigenvalue weighted by atomic mass is 9.84. The average Bonchev–Trinajstić information content (AvgIpc) is 3.19. The molecular formula is C29H31F2N3O5. The van der Waals surface area contributed by atoms with E-state index < -0.39 is 18.6 Å². The number of carbonyl (C=O) groups is 3. The van der Waals surface area contributed by atoms with E-state index in [9.17, 15) is 23.2 Å². The van der Waals surface area contributed by atoms with Crippen molar-refractivity contribution in [3.05, 3.63) is 59.2 Å². The summed E-state index contributed by atoms with van der Waals surface area (Å²) in [5.74, 6) is 0.230. The number of likely N-dealkylation sites (tertiary alicyclic amines) is 1. The van der Waals surface area contributed by atoms with E-state index in [4.69, 9.17) is 4.74 Å². The van der Waals surface area contributed by atoms with Crippen molar-refractivity contribution in [1.82, 2.24) is 15.1 Å². The quantitative estimate of drug-likeness (QED) is 0.538. The molecule has 6 rings (SSSR count). The van der Waals surface area contributed by atoms with E-state index in [0.717, 1.165) is 49.9 Å². The molecule has 3 heterocycles. The number of alkyl halides is 2. The molecule has 1 unspecified atom stereocenters. The minimum atomic E-state index is -2.84. The lowest BCUT2D eigenvalue weighted by Crippen LogP contribution is -2.57. The number of nitrogens with one attached hydrogen (secondary N) is 1. The fraction of sp³-hybridized carbons (Fsp3) is 0.483. The van der Waals surface area contributed by atoms with Gasteiger partial charge < -0.3 is 14.4 Å². The molecule has 3 fully saturated rings. The Morgan fingerprint density at radius 1 is 0.949 bits per heavy atom. The number of piperidine rings is 1. The second kappa shape index (κ2) is 10.6. The van der Waals surface area contributed by atoms with E-state index >= 15 is 0 Å². The third kappa shape index (κ3) is 5.22. The summed E-state index contributed by atoms with van der Waals surface area (Å²) in [6, 6.07) is 12.1. The van der Waals surface area contributed by atoms with Crippen molar-refractivity contribution in [2.75, 3.05) is 13.1 Å². The Morgan fingerprint density at radius 2 is 1.77 bits per heavy atom. The van der Waals surface area contributed by atoms with Crippen LogP contribution in [0, 0.1) is 0 Å². The standard InChI is InChI=1S/C29H31F2N3O5/c30-29(31)39-20-5-3-4-17(12-20)19-14-33(15-19)23-6-1-2-7-25(23)38-21-8-9-22-18(13-21)16-34(28(22)37)24-10-11-26(35)32-27(24)36/h3-5,8-9,12-13,19,23-25,29H,1-2,6-7,10-11,14-16H2,(H,32,35,36)/t23-,24?,25-/m1/s1. The van der Waals surface area contributed by atoms with Crippen LogP contribution in [-0.2, 0) is 16.1 Å². The predicted octanol–water partition coefficient (Wildman–Crippen LogP) is 3.84. The first-order valence-electron chi connectivity index (χ1n) is 13.6. The third-order valence-electron chi connectivity index (χ3n) is 8.38. The smallest absolute Gasteiger partial charge is 0.387 e.